The highest BCUT2D eigenvalue weighted by atomic mass is 32.2. The van der Waals surface area contributed by atoms with Crippen LogP contribution in [0, 0.1) is 6.92 Å². The number of ether oxygens (including phenoxy) is 2. The Morgan fingerprint density at radius 1 is 1.11 bits per heavy atom. The van der Waals surface area contributed by atoms with Crippen LogP contribution >= 0.6 is 11.8 Å². The molecule has 2 aromatic carbocycles. The van der Waals surface area contributed by atoms with Crippen molar-refractivity contribution in [2.24, 2.45) is 0 Å². The summed E-state index contributed by atoms with van der Waals surface area (Å²) in [5.74, 6) is 1.60. The number of anilines is 4. The van der Waals surface area contributed by atoms with E-state index in [9.17, 15) is 4.79 Å². The molecule has 2 aromatic heterocycles. The Labute approximate surface area is 226 Å². The molecule has 1 fully saturated rings. The van der Waals surface area contributed by atoms with E-state index in [4.69, 9.17) is 19.4 Å². The monoisotopic (exact) mass is 532 g/mol. The number of benzene rings is 2. The number of hydrogen-bond acceptors (Lipinski definition) is 8. The molecule has 3 N–H and O–H groups in total. The van der Waals surface area contributed by atoms with Crippen LogP contribution in [0.5, 0.6) is 5.75 Å². The zero-order valence-corrected chi connectivity index (χ0v) is 22.8. The van der Waals surface area contributed by atoms with Crippen molar-refractivity contribution in [1.82, 2.24) is 19.9 Å². The van der Waals surface area contributed by atoms with E-state index < -0.39 is 0 Å². The molecular weight excluding hydrogens is 500 g/mol. The van der Waals surface area contributed by atoms with Crippen molar-refractivity contribution in [3.63, 3.8) is 0 Å². The van der Waals surface area contributed by atoms with Crippen molar-refractivity contribution in [2.45, 2.75) is 30.9 Å². The van der Waals surface area contributed by atoms with Crippen molar-refractivity contribution < 1.29 is 14.3 Å². The number of carbonyl (C=O) groups excluding carboxylic acids is 1. The van der Waals surface area contributed by atoms with Gasteiger partial charge in [-0.3, -0.25) is 4.79 Å². The molecule has 1 saturated heterocycles. The van der Waals surface area contributed by atoms with E-state index in [1.54, 1.807) is 35.9 Å². The number of carbonyl (C=O) groups is 1. The minimum atomic E-state index is -0.0397. The van der Waals surface area contributed by atoms with Crippen molar-refractivity contribution >= 4 is 51.8 Å². The summed E-state index contributed by atoms with van der Waals surface area (Å²) >= 11 is 1.80. The number of hydrogen-bond donors (Lipinski definition) is 3. The zero-order chi connectivity index (χ0) is 26.6. The SMILES string of the molecule is COc1cc(C(=O)N2CCOCC2)ccc1Nc1nc(Nc2ccccc2SC(C)C)c2c(C)c[nH]c2n1. The molecule has 9 nitrogen and oxygen atoms in total. The smallest absolute Gasteiger partial charge is 0.254 e. The van der Waals surface area contributed by atoms with Crippen LogP contribution in [0.4, 0.5) is 23.1 Å². The highest BCUT2D eigenvalue weighted by Crippen LogP contribution is 2.35. The molecule has 0 bridgehead atoms. The fraction of sp³-hybridized carbons (Fsp3) is 0.321. The van der Waals surface area contributed by atoms with E-state index in [0.717, 1.165) is 27.2 Å². The van der Waals surface area contributed by atoms with Gasteiger partial charge in [-0.1, -0.05) is 26.0 Å². The van der Waals surface area contributed by atoms with Crippen LogP contribution in [-0.2, 0) is 4.74 Å². The number of para-hydroxylation sites is 1. The summed E-state index contributed by atoms with van der Waals surface area (Å²) in [7, 11) is 1.58. The molecule has 3 heterocycles. The van der Waals surface area contributed by atoms with Crippen LogP contribution in [0.2, 0.25) is 0 Å². The first-order valence-electron chi connectivity index (χ1n) is 12.6. The van der Waals surface area contributed by atoms with Gasteiger partial charge in [-0.2, -0.15) is 9.97 Å². The van der Waals surface area contributed by atoms with Crippen molar-refractivity contribution in [2.75, 3.05) is 44.0 Å². The van der Waals surface area contributed by atoms with Crippen molar-refractivity contribution in [1.29, 1.82) is 0 Å². The number of morpholine rings is 1. The Balaban J connectivity index is 1.46. The molecule has 0 atom stereocenters. The van der Waals surface area contributed by atoms with Gasteiger partial charge in [0.15, 0.2) is 0 Å². The maximum atomic E-state index is 13.0. The van der Waals surface area contributed by atoms with E-state index in [0.29, 0.717) is 60.3 Å². The summed E-state index contributed by atoms with van der Waals surface area (Å²) in [5, 5.41) is 8.20. The Morgan fingerprint density at radius 3 is 2.66 bits per heavy atom. The van der Waals surface area contributed by atoms with Crippen molar-refractivity contribution in [3.05, 3.63) is 59.8 Å². The fourth-order valence-electron chi connectivity index (χ4n) is 4.39. The van der Waals surface area contributed by atoms with E-state index in [2.05, 4.69) is 41.6 Å². The first kappa shape index (κ1) is 25.9. The van der Waals surface area contributed by atoms with E-state index in [1.807, 2.05) is 31.3 Å². The highest BCUT2D eigenvalue weighted by molar-refractivity contribution is 8.00. The number of nitrogens with one attached hydrogen (secondary N) is 3. The minimum absolute atomic E-state index is 0.0397. The lowest BCUT2D eigenvalue weighted by Crippen LogP contribution is -2.40. The maximum Gasteiger partial charge on any atom is 0.254 e. The Kier molecular flexibility index (Phi) is 7.71. The van der Waals surface area contributed by atoms with Gasteiger partial charge in [0.1, 0.15) is 17.2 Å². The van der Waals surface area contributed by atoms with Gasteiger partial charge in [-0.05, 0) is 42.8 Å². The number of amides is 1. The second-order valence-electron chi connectivity index (χ2n) is 9.32. The van der Waals surface area contributed by atoms with Crippen LogP contribution < -0.4 is 15.4 Å². The number of methoxy groups -OCH3 is 1. The maximum absolute atomic E-state index is 13.0. The second-order valence-corrected chi connectivity index (χ2v) is 10.9. The molecule has 0 spiro atoms. The first-order valence-corrected chi connectivity index (χ1v) is 13.5. The molecule has 198 valence electrons. The van der Waals surface area contributed by atoms with Crippen LogP contribution in [0.1, 0.15) is 29.8 Å². The van der Waals surface area contributed by atoms with Gasteiger partial charge in [0.05, 0.1) is 37.1 Å². The van der Waals surface area contributed by atoms with Crippen molar-refractivity contribution in [3.8, 4) is 5.75 Å². The van der Waals surface area contributed by atoms with Crippen LogP contribution in [0.3, 0.4) is 0 Å². The minimum Gasteiger partial charge on any atom is -0.495 e. The van der Waals surface area contributed by atoms with Gasteiger partial charge in [-0.15, -0.1) is 11.8 Å². The molecule has 1 aliphatic heterocycles. The normalized spacial score (nSPS) is 13.7. The van der Waals surface area contributed by atoms with Gasteiger partial charge in [0.2, 0.25) is 5.95 Å². The summed E-state index contributed by atoms with van der Waals surface area (Å²) in [6.45, 7) is 8.65. The Hall–Kier alpha value is -3.76. The first-order chi connectivity index (χ1) is 18.4. The van der Waals surface area contributed by atoms with Crippen LogP contribution in [-0.4, -0.2) is 64.4 Å². The number of aromatic amines is 1. The summed E-state index contributed by atoms with van der Waals surface area (Å²) in [4.78, 5) is 28.7. The fourth-order valence-corrected chi connectivity index (χ4v) is 5.30. The summed E-state index contributed by atoms with van der Waals surface area (Å²) in [6, 6.07) is 13.6. The summed E-state index contributed by atoms with van der Waals surface area (Å²) in [6.07, 6.45) is 1.93. The number of aryl methyl sites for hydroxylation is 1. The second kappa shape index (κ2) is 11.3. The van der Waals surface area contributed by atoms with E-state index in [-0.39, 0.29) is 5.91 Å². The number of fused-ring (bicyclic) bond motifs is 1. The summed E-state index contributed by atoms with van der Waals surface area (Å²) < 4.78 is 11.0. The van der Waals surface area contributed by atoms with E-state index in [1.165, 1.54) is 0 Å². The van der Waals surface area contributed by atoms with Gasteiger partial charge in [0.25, 0.3) is 5.91 Å². The number of thioether (sulfide) groups is 1. The molecule has 0 aliphatic carbocycles. The lowest BCUT2D eigenvalue weighted by Gasteiger charge is -2.27. The highest BCUT2D eigenvalue weighted by Gasteiger charge is 2.20. The molecule has 0 radical (unpaired) electrons. The molecule has 10 heteroatoms. The third-order valence-electron chi connectivity index (χ3n) is 6.22. The topological polar surface area (TPSA) is 104 Å². The number of aromatic nitrogens is 3. The number of nitrogens with zero attached hydrogens (tertiary/aromatic N) is 3. The van der Waals surface area contributed by atoms with Gasteiger partial charge < -0.3 is 30.0 Å². The molecule has 1 aliphatic rings. The largest absolute Gasteiger partial charge is 0.495 e. The lowest BCUT2D eigenvalue weighted by molar-refractivity contribution is 0.0302. The molecule has 38 heavy (non-hydrogen) atoms. The number of H-pyrrole nitrogens is 1. The molecular formula is C28H32N6O3S. The average Bonchev–Trinajstić information content (AvgIpc) is 3.30. The van der Waals surface area contributed by atoms with Crippen LogP contribution in [0.25, 0.3) is 11.0 Å². The molecule has 5 rings (SSSR count). The molecule has 0 unspecified atom stereocenters. The van der Waals surface area contributed by atoms with Gasteiger partial charge in [0, 0.05) is 35.0 Å². The van der Waals surface area contributed by atoms with Gasteiger partial charge >= 0.3 is 0 Å². The third-order valence-corrected chi connectivity index (χ3v) is 7.31. The average molecular weight is 533 g/mol. The predicted octanol–water partition coefficient (Wildman–Crippen LogP) is 5.74. The van der Waals surface area contributed by atoms with Gasteiger partial charge in [-0.25, -0.2) is 0 Å². The third kappa shape index (κ3) is 5.56. The molecule has 1 amide bonds. The Bertz CT molecular complexity index is 1450. The molecule has 4 aromatic rings. The lowest BCUT2D eigenvalue weighted by atomic mass is 10.1. The van der Waals surface area contributed by atoms with E-state index >= 15 is 0 Å². The summed E-state index contributed by atoms with van der Waals surface area (Å²) in [5.41, 5.74) is 3.98. The quantitative estimate of drug-likeness (QED) is 0.247. The predicted molar refractivity (Wildman–Crippen MR) is 152 cm³/mol. The number of rotatable bonds is 8. The zero-order valence-electron chi connectivity index (χ0n) is 22.0. The molecule has 0 saturated carbocycles. The van der Waals surface area contributed by atoms with Crippen LogP contribution in [0.15, 0.2) is 53.6 Å². The Morgan fingerprint density at radius 2 is 1.89 bits per heavy atom. The standard InChI is InChI=1S/C28H32N6O3S/c1-17(2)38-23-8-6-5-7-21(23)30-26-24-18(3)16-29-25(24)32-28(33-26)31-20-10-9-19(15-22(20)36-4)27(35)34-11-13-37-14-12-34/h5-10,15-17H,11-14H2,1-4H3,(H3,29,30,31,32,33).